The standard InChI is InChI=1S/C11H13BrO2/c12-9-3-1-8(2-4-9)10-7-11(10)14-6-5-13/h1-4,10-11,13H,5-7H2/t10-,11+/m0/s1. The molecule has 0 heterocycles. The number of aliphatic hydroxyl groups is 1. The lowest BCUT2D eigenvalue weighted by Crippen LogP contribution is -2.02. The molecule has 0 spiro atoms. The number of hydrogen-bond acceptors (Lipinski definition) is 2. The molecule has 2 nitrogen and oxygen atoms in total. The molecule has 1 aliphatic rings. The first-order valence-corrected chi connectivity index (χ1v) is 5.58. The zero-order chi connectivity index (χ0) is 9.97. The average Bonchev–Trinajstić information content (AvgIpc) is 2.95. The molecule has 0 amide bonds. The van der Waals surface area contributed by atoms with Gasteiger partial charge in [0.1, 0.15) is 0 Å². The Morgan fingerprint density at radius 3 is 2.71 bits per heavy atom. The molecule has 0 aliphatic heterocycles. The number of benzene rings is 1. The predicted octanol–water partition coefficient (Wildman–Crippen LogP) is 2.31. The lowest BCUT2D eigenvalue weighted by atomic mass is 10.1. The van der Waals surface area contributed by atoms with Crippen LogP contribution in [0.3, 0.4) is 0 Å². The van der Waals surface area contributed by atoms with Gasteiger partial charge >= 0.3 is 0 Å². The molecule has 2 atom stereocenters. The summed E-state index contributed by atoms with van der Waals surface area (Å²) in [6, 6.07) is 8.35. The molecular formula is C11H13BrO2. The normalized spacial score (nSPS) is 25.0. The molecule has 0 saturated heterocycles. The molecule has 0 bridgehead atoms. The van der Waals surface area contributed by atoms with Crippen molar-refractivity contribution in [3.8, 4) is 0 Å². The fourth-order valence-corrected chi connectivity index (χ4v) is 1.89. The van der Waals surface area contributed by atoms with Crippen LogP contribution in [0.25, 0.3) is 0 Å². The SMILES string of the molecule is OCCO[C@@H]1C[C@H]1c1ccc(Br)cc1. The average molecular weight is 257 g/mol. The Bertz CT molecular complexity index is 297. The highest BCUT2D eigenvalue weighted by Crippen LogP contribution is 2.43. The summed E-state index contributed by atoms with van der Waals surface area (Å²) in [5.41, 5.74) is 1.33. The van der Waals surface area contributed by atoms with Crippen molar-refractivity contribution < 1.29 is 9.84 Å². The lowest BCUT2D eigenvalue weighted by Gasteiger charge is -2.01. The van der Waals surface area contributed by atoms with Gasteiger partial charge in [0.15, 0.2) is 0 Å². The van der Waals surface area contributed by atoms with Crippen molar-refractivity contribution >= 4 is 15.9 Å². The molecule has 0 aromatic heterocycles. The van der Waals surface area contributed by atoms with Gasteiger partial charge in [-0.3, -0.25) is 0 Å². The maximum Gasteiger partial charge on any atom is 0.0701 e. The first-order chi connectivity index (χ1) is 6.81. The van der Waals surface area contributed by atoms with Gasteiger partial charge in [-0.15, -0.1) is 0 Å². The monoisotopic (exact) mass is 256 g/mol. The number of rotatable bonds is 4. The van der Waals surface area contributed by atoms with Crippen LogP contribution < -0.4 is 0 Å². The molecule has 2 rings (SSSR count). The Morgan fingerprint density at radius 2 is 2.07 bits per heavy atom. The smallest absolute Gasteiger partial charge is 0.0701 e. The van der Waals surface area contributed by atoms with E-state index in [-0.39, 0.29) is 6.61 Å². The second-order valence-electron chi connectivity index (χ2n) is 3.53. The second-order valence-corrected chi connectivity index (χ2v) is 4.44. The molecular weight excluding hydrogens is 244 g/mol. The topological polar surface area (TPSA) is 29.5 Å². The predicted molar refractivity (Wildman–Crippen MR) is 58.3 cm³/mol. The summed E-state index contributed by atoms with van der Waals surface area (Å²) in [6.45, 7) is 0.571. The maximum atomic E-state index is 8.60. The van der Waals surface area contributed by atoms with Crippen molar-refractivity contribution in [1.29, 1.82) is 0 Å². The van der Waals surface area contributed by atoms with Crippen molar-refractivity contribution in [1.82, 2.24) is 0 Å². The minimum atomic E-state index is 0.115. The van der Waals surface area contributed by atoms with E-state index in [2.05, 4.69) is 40.2 Å². The van der Waals surface area contributed by atoms with Crippen LogP contribution in [0.1, 0.15) is 17.9 Å². The van der Waals surface area contributed by atoms with Gasteiger partial charge in [0.2, 0.25) is 0 Å². The molecule has 0 radical (unpaired) electrons. The zero-order valence-electron chi connectivity index (χ0n) is 7.82. The van der Waals surface area contributed by atoms with Crippen LogP contribution in [0.2, 0.25) is 0 Å². The van der Waals surface area contributed by atoms with E-state index in [1.54, 1.807) is 0 Å². The van der Waals surface area contributed by atoms with E-state index in [4.69, 9.17) is 9.84 Å². The van der Waals surface area contributed by atoms with Crippen LogP contribution >= 0.6 is 15.9 Å². The summed E-state index contributed by atoms with van der Waals surface area (Å²) in [4.78, 5) is 0. The van der Waals surface area contributed by atoms with Crippen LogP contribution in [-0.2, 0) is 4.74 Å². The summed E-state index contributed by atoms with van der Waals surface area (Å²) in [5.74, 6) is 0.537. The van der Waals surface area contributed by atoms with Gasteiger partial charge < -0.3 is 9.84 Å². The van der Waals surface area contributed by atoms with Crippen molar-refractivity contribution in [2.24, 2.45) is 0 Å². The van der Waals surface area contributed by atoms with Crippen LogP contribution in [0.15, 0.2) is 28.7 Å². The molecule has 1 N–H and O–H groups in total. The second kappa shape index (κ2) is 4.43. The van der Waals surface area contributed by atoms with Crippen LogP contribution in [0.4, 0.5) is 0 Å². The van der Waals surface area contributed by atoms with E-state index >= 15 is 0 Å². The Labute approximate surface area is 92.0 Å². The van der Waals surface area contributed by atoms with Gasteiger partial charge in [-0.2, -0.15) is 0 Å². The summed E-state index contributed by atoms with van der Waals surface area (Å²) in [6.07, 6.45) is 1.41. The maximum absolute atomic E-state index is 8.60. The highest BCUT2D eigenvalue weighted by molar-refractivity contribution is 9.10. The van der Waals surface area contributed by atoms with E-state index in [9.17, 15) is 0 Å². The van der Waals surface area contributed by atoms with Crippen molar-refractivity contribution in [2.45, 2.75) is 18.4 Å². The van der Waals surface area contributed by atoms with E-state index in [0.29, 0.717) is 18.6 Å². The van der Waals surface area contributed by atoms with E-state index in [0.717, 1.165) is 10.9 Å². The van der Waals surface area contributed by atoms with Crippen LogP contribution in [0.5, 0.6) is 0 Å². The van der Waals surface area contributed by atoms with E-state index < -0.39 is 0 Å². The van der Waals surface area contributed by atoms with E-state index in [1.807, 2.05) is 0 Å². The minimum absolute atomic E-state index is 0.115. The third-order valence-corrected chi connectivity index (χ3v) is 2.98. The molecule has 1 aromatic carbocycles. The third-order valence-electron chi connectivity index (χ3n) is 2.45. The molecule has 0 unspecified atom stereocenters. The molecule has 1 saturated carbocycles. The first kappa shape index (κ1) is 10.1. The Balaban J connectivity index is 1.89. The Kier molecular flexibility index (Phi) is 3.21. The van der Waals surface area contributed by atoms with Crippen LogP contribution in [-0.4, -0.2) is 24.4 Å². The summed E-state index contributed by atoms with van der Waals surface area (Å²) < 4.78 is 6.54. The van der Waals surface area contributed by atoms with Gasteiger partial charge in [0.05, 0.1) is 19.3 Å². The zero-order valence-corrected chi connectivity index (χ0v) is 9.40. The fourth-order valence-electron chi connectivity index (χ4n) is 1.62. The van der Waals surface area contributed by atoms with Crippen molar-refractivity contribution in [3.05, 3.63) is 34.3 Å². The van der Waals surface area contributed by atoms with Crippen LogP contribution in [0, 0.1) is 0 Å². The highest BCUT2D eigenvalue weighted by Gasteiger charge is 2.39. The Hall–Kier alpha value is -0.380. The summed E-state index contributed by atoms with van der Waals surface area (Å²) in [7, 11) is 0. The molecule has 3 heteroatoms. The number of ether oxygens (including phenoxy) is 1. The van der Waals surface area contributed by atoms with Gasteiger partial charge in [0.25, 0.3) is 0 Å². The van der Waals surface area contributed by atoms with Gasteiger partial charge in [0, 0.05) is 10.4 Å². The number of halogens is 1. The molecule has 1 aliphatic carbocycles. The minimum Gasteiger partial charge on any atom is -0.394 e. The first-order valence-electron chi connectivity index (χ1n) is 4.79. The quantitative estimate of drug-likeness (QED) is 0.896. The molecule has 76 valence electrons. The fraction of sp³-hybridized carbons (Fsp3) is 0.455. The van der Waals surface area contributed by atoms with Gasteiger partial charge in [-0.25, -0.2) is 0 Å². The number of aliphatic hydroxyl groups excluding tert-OH is 1. The van der Waals surface area contributed by atoms with Gasteiger partial charge in [-0.05, 0) is 24.1 Å². The van der Waals surface area contributed by atoms with Gasteiger partial charge in [-0.1, -0.05) is 28.1 Å². The largest absolute Gasteiger partial charge is 0.394 e. The van der Waals surface area contributed by atoms with Crippen molar-refractivity contribution in [2.75, 3.05) is 13.2 Å². The summed E-state index contributed by atoms with van der Waals surface area (Å²) >= 11 is 3.41. The third kappa shape index (κ3) is 2.35. The summed E-state index contributed by atoms with van der Waals surface area (Å²) in [5, 5.41) is 8.60. The lowest BCUT2D eigenvalue weighted by molar-refractivity contribution is 0.0778. The molecule has 1 fully saturated rings. The van der Waals surface area contributed by atoms with E-state index in [1.165, 1.54) is 5.56 Å². The molecule has 1 aromatic rings. The van der Waals surface area contributed by atoms with Crippen molar-refractivity contribution in [3.63, 3.8) is 0 Å². The molecule has 14 heavy (non-hydrogen) atoms. The highest BCUT2D eigenvalue weighted by atomic mass is 79.9. The Morgan fingerprint density at radius 1 is 1.36 bits per heavy atom. The number of hydrogen-bond donors (Lipinski definition) is 1.